The molecular weight excluding hydrogens is 298 g/mol. The third-order valence-electron chi connectivity index (χ3n) is 4.60. The van der Waals surface area contributed by atoms with Crippen molar-refractivity contribution in [2.75, 3.05) is 18.1 Å². The highest BCUT2D eigenvalue weighted by Gasteiger charge is 2.38. The summed E-state index contributed by atoms with van der Waals surface area (Å²) in [6.45, 7) is 2.51. The summed E-state index contributed by atoms with van der Waals surface area (Å²) in [5.74, 6) is 3.20. The molecule has 1 unspecified atom stereocenters. The number of rotatable bonds is 7. The minimum absolute atomic E-state index is 0.169. The van der Waals surface area contributed by atoms with E-state index in [0.717, 1.165) is 12.2 Å². The zero-order chi connectivity index (χ0) is 15.8. The van der Waals surface area contributed by atoms with E-state index in [2.05, 4.69) is 5.48 Å². The van der Waals surface area contributed by atoms with Gasteiger partial charge in [-0.15, -0.1) is 0 Å². The molecule has 0 bridgehead atoms. The molecule has 0 radical (unpaired) electrons. The van der Waals surface area contributed by atoms with Crippen LogP contribution in [0.4, 0.5) is 0 Å². The highest BCUT2D eigenvalue weighted by atomic mass is 32.2. The minimum Gasteiger partial charge on any atom is -0.299 e. The van der Waals surface area contributed by atoms with Crippen LogP contribution in [0.2, 0.25) is 0 Å². The molecule has 2 rings (SSSR count). The van der Waals surface area contributed by atoms with E-state index in [1.54, 1.807) is 6.20 Å². The predicted molar refractivity (Wildman–Crippen MR) is 89.4 cm³/mol. The fraction of sp³-hybridized carbons (Fsp3) is 0.765. The number of hydrogen-bond donors (Lipinski definition) is 1. The van der Waals surface area contributed by atoms with Crippen molar-refractivity contribution in [3.05, 3.63) is 12.3 Å². The maximum absolute atomic E-state index is 12.3. The molecule has 2 aliphatic rings. The van der Waals surface area contributed by atoms with Gasteiger partial charge in [-0.05, 0) is 55.9 Å². The first-order chi connectivity index (χ1) is 10.7. The second-order valence-corrected chi connectivity index (χ2v) is 7.31. The molecular formula is C17H27NO3S. The highest BCUT2D eigenvalue weighted by Crippen LogP contribution is 2.37. The Morgan fingerprint density at radius 1 is 1.27 bits per heavy atom. The summed E-state index contributed by atoms with van der Waals surface area (Å²) >= 11 is 1.97. The number of thioether (sulfide) groups is 1. The summed E-state index contributed by atoms with van der Waals surface area (Å²) in [5, 5.41) is 0. The van der Waals surface area contributed by atoms with Crippen LogP contribution in [0.5, 0.6) is 0 Å². The Kier molecular flexibility index (Phi) is 7.46. The summed E-state index contributed by atoms with van der Waals surface area (Å²) in [7, 11) is 0. The molecule has 2 fully saturated rings. The van der Waals surface area contributed by atoms with Crippen LogP contribution in [0, 0.1) is 17.8 Å². The second kappa shape index (κ2) is 9.36. The molecule has 1 atom stereocenters. The largest absolute Gasteiger partial charge is 0.299 e. The molecule has 0 aromatic carbocycles. The lowest BCUT2D eigenvalue weighted by atomic mass is 9.72. The monoisotopic (exact) mass is 325 g/mol. The van der Waals surface area contributed by atoms with Crippen molar-refractivity contribution in [3.63, 3.8) is 0 Å². The molecule has 1 heterocycles. The summed E-state index contributed by atoms with van der Waals surface area (Å²) in [4.78, 5) is 29.6. The van der Waals surface area contributed by atoms with Crippen molar-refractivity contribution >= 4 is 23.3 Å². The van der Waals surface area contributed by atoms with Crippen LogP contribution in [0.1, 0.15) is 45.4 Å². The Bertz CT molecular complexity index is 387. The van der Waals surface area contributed by atoms with Crippen molar-refractivity contribution in [2.45, 2.75) is 45.4 Å². The summed E-state index contributed by atoms with van der Waals surface area (Å²) in [6, 6.07) is 0. The van der Waals surface area contributed by atoms with E-state index in [4.69, 9.17) is 4.84 Å². The molecule has 1 aliphatic heterocycles. The highest BCUT2D eigenvalue weighted by molar-refractivity contribution is 7.99. The predicted octanol–water partition coefficient (Wildman–Crippen LogP) is 3.13. The molecule has 1 aliphatic carbocycles. The van der Waals surface area contributed by atoms with Crippen molar-refractivity contribution in [1.29, 1.82) is 0 Å². The molecule has 5 heteroatoms. The van der Waals surface area contributed by atoms with Crippen LogP contribution in [0.3, 0.4) is 0 Å². The number of carbonyl (C=O) groups is 2. The fourth-order valence-corrected chi connectivity index (χ4v) is 4.65. The molecule has 0 spiro atoms. The van der Waals surface area contributed by atoms with E-state index in [1.807, 2.05) is 24.8 Å². The summed E-state index contributed by atoms with van der Waals surface area (Å²) in [6.07, 6.45) is 8.65. The van der Waals surface area contributed by atoms with E-state index in [9.17, 15) is 9.59 Å². The lowest BCUT2D eigenvalue weighted by molar-refractivity contribution is -0.138. The van der Waals surface area contributed by atoms with Crippen molar-refractivity contribution in [3.8, 4) is 0 Å². The van der Waals surface area contributed by atoms with Crippen molar-refractivity contribution < 1.29 is 14.4 Å². The smallest absolute Gasteiger partial charge is 0.143 e. The summed E-state index contributed by atoms with van der Waals surface area (Å²) < 4.78 is 0. The van der Waals surface area contributed by atoms with Gasteiger partial charge in [0.15, 0.2) is 0 Å². The van der Waals surface area contributed by atoms with Crippen LogP contribution in [-0.2, 0) is 14.4 Å². The van der Waals surface area contributed by atoms with E-state index in [0.29, 0.717) is 37.7 Å². The molecule has 4 nitrogen and oxygen atoms in total. The fourth-order valence-electron chi connectivity index (χ4n) is 3.37. The van der Waals surface area contributed by atoms with Gasteiger partial charge < -0.3 is 0 Å². The van der Waals surface area contributed by atoms with Gasteiger partial charge in [-0.1, -0.05) is 6.08 Å². The van der Waals surface area contributed by atoms with Gasteiger partial charge in [-0.3, -0.25) is 19.9 Å². The molecule has 1 N–H and O–H groups in total. The number of nitrogens with one attached hydrogen (secondary N) is 1. The average molecular weight is 325 g/mol. The van der Waals surface area contributed by atoms with Crippen molar-refractivity contribution in [2.24, 2.45) is 17.8 Å². The first kappa shape index (κ1) is 17.5. The average Bonchev–Trinajstić information content (AvgIpc) is 2.53. The second-order valence-electron chi connectivity index (χ2n) is 6.16. The number of allylic oxidation sites excluding steroid dienone is 1. The van der Waals surface area contributed by atoms with Crippen LogP contribution in [0.25, 0.3) is 0 Å². The summed E-state index contributed by atoms with van der Waals surface area (Å²) in [5.41, 5.74) is 2.69. The quantitative estimate of drug-likeness (QED) is 0.443. The number of hydroxylamine groups is 1. The van der Waals surface area contributed by atoms with Gasteiger partial charge >= 0.3 is 0 Å². The lowest BCUT2D eigenvalue weighted by Crippen LogP contribution is -2.37. The number of ketones is 2. The first-order valence-electron chi connectivity index (χ1n) is 8.37. The van der Waals surface area contributed by atoms with Crippen LogP contribution in [-0.4, -0.2) is 29.7 Å². The third-order valence-corrected chi connectivity index (χ3v) is 5.84. The van der Waals surface area contributed by atoms with E-state index < -0.39 is 0 Å². The molecule has 0 amide bonds. The molecule has 1 saturated carbocycles. The zero-order valence-corrected chi connectivity index (χ0v) is 14.2. The SMILES string of the molecule is CCONC=CCCC1C(=O)CC(C2CCCSC2)CC1=O. The van der Waals surface area contributed by atoms with Crippen LogP contribution in [0.15, 0.2) is 12.3 Å². The van der Waals surface area contributed by atoms with Gasteiger partial charge in [0.25, 0.3) is 0 Å². The maximum Gasteiger partial charge on any atom is 0.143 e. The van der Waals surface area contributed by atoms with Gasteiger partial charge in [0.1, 0.15) is 11.6 Å². The van der Waals surface area contributed by atoms with Crippen LogP contribution >= 0.6 is 11.8 Å². The number of hydrogen-bond acceptors (Lipinski definition) is 5. The Morgan fingerprint density at radius 3 is 2.68 bits per heavy atom. The molecule has 124 valence electrons. The molecule has 22 heavy (non-hydrogen) atoms. The van der Waals surface area contributed by atoms with E-state index in [-0.39, 0.29) is 17.5 Å². The van der Waals surface area contributed by atoms with Crippen LogP contribution < -0.4 is 5.48 Å². The zero-order valence-electron chi connectivity index (χ0n) is 13.4. The number of Topliss-reactive ketones (excluding diaryl/α,β-unsaturated/α-hetero) is 2. The van der Waals surface area contributed by atoms with Gasteiger partial charge in [0, 0.05) is 19.0 Å². The Hall–Kier alpha value is -0.810. The lowest BCUT2D eigenvalue weighted by Gasteiger charge is -2.34. The Labute approximate surface area is 137 Å². The third kappa shape index (κ3) is 5.13. The maximum atomic E-state index is 12.3. The molecule has 1 saturated heterocycles. The van der Waals surface area contributed by atoms with E-state index >= 15 is 0 Å². The topological polar surface area (TPSA) is 55.4 Å². The van der Waals surface area contributed by atoms with E-state index in [1.165, 1.54) is 18.6 Å². The van der Waals surface area contributed by atoms with Gasteiger partial charge in [-0.25, -0.2) is 0 Å². The van der Waals surface area contributed by atoms with Gasteiger partial charge in [0.2, 0.25) is 0 Å². The Morgan fingerprint density at radius 2 is 2.05 bits per heavy atom. The minimum atomic E-state index is -0.371. The molecule has 0 aromatic rings. The standard InChI is InChI=1S/C17H27NO3S/c1-2-21-18-8-4-3-7-15-16(19)10-14(11-17(15)20)13-6-5-9-22-12-13/h4,8,13-15,18H,2-3,5-7,9-12H2,1H3. The van der Waals surface area contributed by atoms with Crippen molar-refractivity contribution in [1.82, 2.24) is 5.48 Å². The number of carbonyl (C=O) groups excluding carboxylic acids is 2. The normalized spacial score (nSPS) is 30.0. The van der Waals surface area contributed by atoms with Gasteiger partial charge in [0.05, 0.1) is 12.5 Å². The molecule has 0 aromatic heterocycles. The Balaban J connectivity index is 1.76. The first-order valence-corrected chi connectivity index (χ1v) is 9.53. The van der Waals surface area contributed by atoms with Gasteiger partial charge in [-0.2, -0.15) is 11.8 Å².